The van der Waals surface area contributed by atoms with Crippen molar-refractivity contribution in [2.75, 3.05) is 6.61 Å². The number of fused-ring (bicyclic) bond motifs is 1. The highest BCUT2D eigenvalue weighted by molar-refractivity contribution is 5.98. The molecule has 0 radical (unpaired) electrons. The van der Waals surface area contributed by atoms with E-state index in [0.717, 1.165) is 34.0 Å². The van der Waals surface area contributed by atoms with Crippen LogP contribution in [0, 0.1) is 32.1 Å². The van der Waals surface area contributed by atoms with Crippen LogP contribution >= 0.6 is 0 Å². The maximum absolute atomic E-state index is 12.7. The first-order valence-electron chi connectivity index (χ1n) is 11.5. The molecule has 8 heteroatoms. The zero-order chi connectivity index (χ0) is 25.8. The summed E-state index contributed by atoms with van der Waals surface area (Å²) in [4.78, 5) is 29.4. The predicted octanol–water partition coefficient (Wildman–Crippen LogP) is 4.46. The van der Waals surface area contributed by atoms with Crippen LogP contribution in [0.1, 0.15) is 35.1 Å². The van der Waals surface area contributed by atoms with Crippen molar-refractivity contribution in [3.8, 4) is 17.5 Å². The highest BCUT2D eigenvalue weighted by atomic mass is 16.5. The monoisotopic (exact) mass is 482 g/mol. The first-order chi connectivity index (χ1) is 17.3. The zero-order valence-corrected chi connectivity index (χ0v) is 20.6. The van der Waals surface area contributed by atoms with E-state index in [4.69, 9.17) is 9.47 Å². The number of benzene rings is 1. The molecule has 0 aliphatic carbocycles. The summed E-state index contributed by atoms with van der Waals surface area (Å²) in [5, 5.41) is 9.62. The van der Waals surface area contributed by atoms with Crippen LogP contribution in [0.2, 0.25) is 0 Å². The summed E-state index contributed by atoms with van der Waals surface area (Å²) in [6.45, 7) is 8.07. The number of pyridine rings is 1. The second-order valence-corrected chi connectivity index (χ2v) is 8.36. The molecule has 3 aromatic heterocycles. The third-order valence-electron chi connectivity index (χ3n) is 5.73. The third kappa shape index (κ3) is 5.05. The molecule has 3 heterocycles. The molecule has 0 bridgehead atoms. The van der Waals surface area contributed by atoms with Crippen LogP contribution in [0.25, 0.3) is 17.4 Å². The van der Waals surface area contributed by atoms with Crippen molar-refractivity contribution in [1.29, 1.82) is 5.26 Å². The van der Waals surface area contributed by atoms with E-state index in [1.165, 1.54) is 16.5 Å². The van der Waals surface area contributed by atoms with E-state index in [2.05, 4.69) is 4.98 Å². The lowest BCUT2D eigenvalue weighted by molar-refractivity contribution is -0.139. The Morgan fingerprint density at radius 3 is 2.56 bits per heavy atom. The van der Waals surface area contributed by atoms with Crippen molar-refractivity contribution in [2.24, 2.45) is 0 Å². The van der Waals surface area contributed by atoms with Gasteiger partial charge in [0, 0.05) is 29.3 Å². The molecule has 0 aliphatic rings. The third-order valence-corrected chi connectivity index (χ3v) is 5.73. The summed E-state index contributed by atoms with van der Waals surface area (Å²) in [5.41, 5.74) is 4.77. The number of esters is 1. The highest BCUT2D eigenvalue weighted by Crippen LogP contribution is 2.24. The summed E-state index contributed by atoms with van der Waals surface area (Å²) in [7, 11) is 0. The quantitative estimate of drug-likeness (QED) is 0.219. The second kappa shape index (κ2) is 10.3. The Labute approximate surface area is 208 Å². The van der Waals surface area contributed by atoms with E-state index in [-0.39, 0.29) is 17.7 Å². The number of hydrogen-bond acceptors (Lipinski definition) is 6. The summed E-state index contributed by atoms with van der Waals surface area (Å²) in [6.07, 6.45) is 3.21. The van der Waals surface area contributed by atoms with Crippen LogP contribution < -0.4 is 10.3 Å². The number of hydrogen-bond donors (Lipinski definition) is 0. The molecule has 0 spiro atoms. The molecule has 0 N–H and O–H groups in total. The number of aryl methyl sites for hydroxylation is 2. The first-order valence-corrected chi connectivity index (χ1v) is 11.5. The van der Waals surface area contributed by atoms with Gasteiger partial charge in [-0.25, -0.2) is 9.78 Å². The van der Waals surface area contributed by atoms with Gasteiger partial charge in [0.05, 0.1) is 12.3 Å². The maximum atomic E-state index is 12.7. The van der Waals surface area contributed by atoms with Gasteiger partial charge in [-0.3, -0.25) is 9.20 Å². The van der Waals surface area contributed by atoms with E-state index < -0.39 is 5.97 Å². The number of nitrogens with zero attached hydrogens (tertiary/aromatic N) is 4. The zero-order valence-electron chi connectivity index (χ0n) is 20.6. The van der Waals surface area contributed by atoms with Gasteiger partial charge in [-0.15, -0.1) is 0 Å². The first kappa shape index (κ1) is 24.5. The molecule has 182 valence electrons. The lowest BCUT2D eigenvalue weighted by Crippen LogP contribution is -2.17. The summed E-state index contributed by atoms with van der Waals surface area (Å²) in [5.74, 6) is 0.00586. The van der Waals surface area contributed by atoms with Crippen molar-refractivity contribution in [1.82, 2.24) is 14.0 Å². The van der Waals surface area contributed by atoms with Gasteiger partial charge in [-0.05, 0) is 81.3 Å². The van der Waals surface area contributed by atoms with Crippen molar-refractivity contribution in [2.45, 2.75) is 34.3 Å². The smallest absolute Gasteiger partial charge is 0.349 e. The second-order valence-electron chi connectivity index (χ2n) is 8.36. The maximum Gasteiger partial charge on any atom is 0.349 e. The van der Waals surface area contributed by atoms with Crippen molar-refractivity contribution in [3.05, 3.63) is 98.9 Å². The van der Waals surface area contributed by atoms with E-state index in [9.17, 15) is 14.9 Å². The summed E-state index contributed by atoms with van der Waals surface area (Å²) >= 11 is 0. The van der Waals surface area contributed by atoms with Crippen LogP contribution in [0.5, 0.6) is 5.75 Å². The largest absolute Gasteiger partial charge is 0.494 e. The molecule has 8 nitrogen and oxygen atoms in total. The van der Waals surface area contributed by atoms with Gasteiger partial charge in [-0.1, -0.05) is 6.07 Å². The van der Waals surface area contributed by atoms with Crippen LogP contribution in [0.15, 0.2) is 65.1 Å². The van der Waals surface area contributed by atoms with Gasteiger partial charge in [-0.2, -0.15) is 5.26 Å². The average Bonchev–Trinajstić information content (AvgIpc) is 3.14. The molecule has 4 rings (SSSR count). The average molecular weight is 483 g/mol. The summed E-state index contributed by atoms with van der Waals surface area (Å²) in [6, 6.07) is 16.4. The molecule has 0 saturated carbocycles. The van der Waals surface area contributed by atoms with E-state index in [1.54, 1.807) is 12.3 Å². The molecule has 0 fully saturated rings. The fourth-order valence-corrected chi connectivity index (χ4v) is 4.03. The number of ether oxygens (including phenoxy) is 2. The predicted molar refractivity (Wildman–Crippen MR) is 136 cm³/mol. The minimum atomic E-state index is -0.783. The Morgan fingerprint density at radius 2 is 1.86 bits per heavy atom. The molecular formula is C28H26N4O4. The molecule has 4 aromatic rings. The normalized spacial score (nSPS) is 11.4. The van der Waals surface area contributed by atoms with Gasteiger partial charge in [0.25, 0.3) is 5.56 Å². The lowest BCUT2D eigenvalue weighted by Gasteiger charge is -2.11. The molecule has 0 amide bonds. The van der Waals surface area contributed by atoms with E-state index in [0.29, 0.717) is 17.9 Å². The molecule has 0 atom stereocenters. The fraction of sp³-hybridized carbons (Fsp3) is 0.214. The highest BCUT2D eigenvalue weighted by Gasteiger charge is 2.16. The van der Waals surface area contributed by atoms with Gasteiger partial charge in [0.2, 0.25) is 0 Å². The standard InChI is InChI=1S/C28H26N4O4/c1-5-35-25-9-7-24(8-10-25)32-19(3)12-21(20(32)4)13-22(15-29)28(34)36-17-23-14-27(33)31-16-18(2)6-11-26(31)30-23/h6-14,16H,5,17H2,1-4H3/b22-13+. The number of carbonyl (C=O) groups excluding carboxylic acids is 1. The van der Waals surface area contributed by atoms with E-state index in [1.807, 2.05) is 74.7 Å². The van der Waals surface area contributed by atoms with Gasteiger partial charge < -0.3 is 14.0 Å². The van der Waals surface area contributed by atoms with Crippen LogP contribution in [0.4, 0.5) is 0 Å². The topological polar surface area (TPSA) is 98.6 Å². The van der Waals surface area contributed by atoms with Crippen LogP contribution in [-0.2, 0) is 16.1 Å². The van der Waals surface area contributed by atoms with Crippen molar-refractivity contribution in [3.63, 3.8) is 0 Å². The van der Waals surface area contributed by atoms with Gasteiger partial charge >= 0.3 is 5.97 Å². The molecule has 0 saturated heterocycles. The van der Waals surface area contributed by atoms with Gasteiger partial charge in [0.1, 0.15) is 29.6 Å². The number of rotatable bonds is 7. The summed E-state index contributed by atoms with van der Waals surface area (Å²) < 4.78 is 14.3. The van der Waals surface area contributed by atoms with E-state index >= 15 is 0 Å². The minimum Gasteiger partial charge on any atom is -0.494 e. The number of aromatic nitrogens is 3. The fourth-order valence-electron chi connectivity index (χ4n) is 4.03. The van der Waals surface area contributed by atoms with Crippen LogP contribution in [0.3, 0.4) is 0 Å². The van der Waals surface area contributed by atoms with Crippen LogP contribution in [-0.4, -0.2) is 26.5 Å². The molecular weight excluding hydrogens is 456 g/mol. The molecule has 0 aliphatic heterocycles. The Kier molecular flexibility index (Phi) is 7.02. The lowest BCUT2D eigenvalue weighted by atomic mass is 10.1. The SMILES string of the molecule is CCOc1ccc(-n2c(C)cc(/C=C(\C#N)C(=O)OCc3cc(=O)n4cc(C)ccc4n3)c2C)cc1. The molecule has 1 aromatic carbocycles. The van der Waals surface area contributed by atoms with Crippen molar-refractivity contribution >= 4 is 17.7 Å². The van der Waals surface area contributed by atoms with Gasteiger partial charge in [0.15, 0.2) is 0 Å². The Hall–Kier alpha value is -4.64. The Morgan fingerprint density at radius 1 is 1.11 bits per heavy atom. The minimum absolute atomic E-state index is 0.143. The molecule has 36 heavy (non-hydrogen) atoms. The number of carbonyl (C=O) groups is 1. The number of nitriles is 1. The van der Waals surface area contributed by atoms with Crippen molar-refractivity contribution < 1.29 is 14.3 Å². The Bertz CT molecular complexity index is 1570. The molecule has 0 unspecified atom stereocenters. The Balaban J connectivity index is 1.54.